The monoisotopic (exact) mass is 414 g/mol. The van der Waals surface area contributed by atoms with E-state index >= 15 is 0 Å². The first-order valence-electron chi connectivity index (χ1n) is 9.30. The molecular weight excluding hydrogens is 396 g/mol. The number of thiophene rings is 1. The minimum absolute atomic E-state index is 0.0413. The van der Waals surface area contributed by atoms with Gasteiger partial charge in [0.15, 0.2) is 6.10 Å². The van der Waals surface area contributed by atoms with Gasteiger partial charge in [0.1, 0.15) is 12.1 Å². The summed E-state index contributed by atoms with van der Waals surface area (Å²) in [4.78, 5) is 24.9. The number of nitrogens with zero attached hydrogens (tertiary/aromatic N) is 3. The molecule has 0 bridgehead atoms. The summed E-state index contributed by atoms with van der Waals surface area (Å²) in [5.41, 5.74) is 3.49. The van der Waals surface area contributed by atoms with E-state index < -0.39 is 6.10 Å². The molecule has 28 heavy (non-hydrogen) atoms. The quantitative estimate of drug-likeness (QED) is 0.698. The molecule has 8 heteroatoms. The number of hydrogen-bond donors (Lipinski definition) is 1. The first-order valence-corrected chi connectivity index (χ1v) is 10.5. The number of benzene rings is 1. The average Bonchev–Trinajstić information content (AvgIpc) is 3.29. The van der Waals surface area contributed by atoms with Crippen molar-refractivity contribution in [2.75, 3.05) is 26.2 Å². The van der Waals surface area contributed by atoms with Crippen LogP contribution in [-0.2, 0) is 11.2 Å². The Morgan fingerprint density at radius 1 is 1.29 bits per heavy atom. The number of rotatable bonds is 2. The molecule has 1 unspecified atom stereocenters. The second-order valence-corrected chi connectivity index (χ2v) is 8.81. The number of amides is 1. The van der Waals surface area contributed by atoms with Crippen molar-refractivity contribution in [3.05, 3.63) is 40.0 Å². The lowest BCUT2D eigenvalue weighted by Gasteiger charge is -2.29. The molecule has 0 aliphatic carbocycles. The van der Waals surface area contributed by atoms with Gasteiger partial charge in [-0.2, -0.15) is 0 Å². The van der Waals surface area contributed by atoms with Crippen molar-refractivity contribution in [1.29, 1.82) is 0 Å². The number of fused-ring (bicyclic) bond motifs is 2. The molecule has 6 nitrogen and oxygen atoms in total. The van der Waals surface area contributed by atoms with Gasteiger partial charge in [0.05, 0.1) is 15.9 Å². The maximum absolute atomic E-state index is 12.9. The third kappa shape index (κ3) is 3.03. The molecule has 1 aromatic carbocycles. The molecule has 1 amide bonds. The second kappa shape index (κ2) is 6.99. The highest BCUT2D eigenvalue weighted by molar-refractivity contribution is 7.19. The molecule has 2 aromatic heterocycles. The van der Waals surface area contributed by atoms with E-state index in [9.17, 15) is 4.79 Å². The molecule has 5 rings (SSSR count). The van der Waals surface area contributed by atoms with E-state index in [0.717, 1.165) is 40.1 Å². The van der Waals surface area contributed by atoms with Crippen molar-refractivity contribution in [3.63, 3.8) is 0 Å². The first-order chi connectivity index (χ1) is 13.6. The van der Waals surface area contributed by atoms with Crippen LogP contribution in [0.25, 0.3) is 21.5 Å². The number of halogens is 1. The van der Waals surface area contributed by atoms with Crippen molar-refractivity contribution in [3.8, 4) is 17.0 Å². The summed E-state index contributed by atoms with van der Waals surface area (Å²) in [6.07, 6.45) is 1.59. The molecule has 0 saturated carbocycles. The van der Waals surface area contributed by atoms with Crippen LogP contribution < -0.4 is 10.1 Å². The summed E-state index contributed by atoms with van der Waals surface area (Å²) >= 11 is 8.06. The van der Waals surface area contributed by atoms with E-state index in [1.165, 1.54) is 4.88 Å². The van der Waals surface area contributed by atoms with Crippen molar-refractivity contribution in [2.24, 2.45) is 0 Å². The minimum Gasteiger partial charge on any atom is -0.479 e. The number of hydrogen-bond acceptors (Lipinski definition) is 6. The Morgan fingerprint density at radius 2 is 2.11 bits per heavy atom. The van der Waals surface area contributed by atoms with Crippen LogP contribution >= 0.6 is 22.9 Å². The Bertz CT molecular complexity index is 1080. The summed E-state index contributed by atoms with van der Waals surface area (Å²) in [5.74, 6) is 0.753. The lowest BCUT2D eigenvalue weighted by molar-refractivity contribution is -0.138. The van der Waals surface area contributed by atoms with Gasteiger partial charge < -0.3 is 15.0 Å². The number of carbonyl (C=O) groups excluding carboxylic acids is 1. The maximum Gasteiger partial charge on any atom is 0.264 e. The van der Waals surface area contributed by atoms with Gasteiger partial charge in [0.25, 0.3) is 5.91 Å². The summed E-state index contributed by atoms with van der Waals surface area (Å²) in [6.45, 7) is 5.11. The fourth-order valence-corrected chi connectivity index (χ4v) is 5.10. The molecule has 1 fully saturated rings. The highest BCUT2D eigenvalue weighted by Crippen LogP contribution is 2.43. The lowest BCUT2D eigenvalue weighted by Crippen LogP contribution is -2.50. The summed E-state index contributed by atoms with van der Waals surface area (Å²) < 4.78 is 7.20. The van der Waals surface area contributed by atoms with Crippen molar-refractivity contribution in [1.82, 2.24) is 20.2 Å². The molecule has 1 saturated heterocycles. The fraction of sp³-hybridized carbons (Fsp3) is 0.350. The van der Waals surface area contributed by atoms with Gasteiger partial charge in [0, 0.05) is 53.6 Å². The van der Waals surface area contributed by atoms with Crippen LogP contribution in [0.1, 0.15) is 10.4 Å². The Labute approximate surface area is 171 Å². The standard InChI is InChI=1S/C20H19ClN4O2S/c1-11-6-15-19(28-11)17(24-10-23-15)14-9-13(21)7-12-8-16(27-18(12)14)20(26)25-4-2-22-3-5-25/h6-7,9-10,16,22H,2-5,8H2,1H3. The number of aromatic nitrogens is 2. The van der Waals surface area contributed by atoms with Gasteiger partial charge >= 0.3 is 0 Å². The molecule has 2 aliphatic rings. The largest absolute Gasteiger partial charge is 0.479 e. The molecule has 144 valence electrons. The lowest BCUT2D eigenvalue weighted by atomic mass is 10.0. The van der Waals surface area contributed by atoms with Gasteiger partial charge in [-0.05, 0) is 25.1 Å². The molecule has 1 atom stereocenters. The number of nitrogens with one attached hydrogen (secondary N) is 1. The number of carbonyl (C=O) groups is 1. The molecule has 4 heterocycles. The van der Waals surface area contributed by atoms with Crippen LogP contribution in [0.2, 0.25) is 5.02 Å². The van der Waals surface area contributed by atoms with Gasteiger partial charge in [-0.15, -0.1) is 11.3 Å². The molecule has 1 N–H and O–H groups in total. The van der Waals surface area contributed by atoms with Crippen LogP contribution in [0.5, 0.6) is 5.75 Å². The van der Waals surface area contributed by atoms with E-state index in [1.54, 1.807) is 17.7 Å². The normalized spacial score (nSPS) is 18.9. The smallest absolute Gasteiger partial charge is 0.264 e. The minimum atomic E-state index is -0.507. The Balaban J connectivity index is 1.54. The average molecular weight is 415 g/mol. The Kier molecular flexibility index (Phi) is 4.45. The Hall–Kier alpha value is -2.22. The summed E-state index contributed by atoms with van der Waals surface area (Å²) in [6, 6.07) is 5.81. The number of piperazine rings is 1. The highest BCUT2D eigenvalue weighted by Gasteiger charge is 2.35. The van der Waals surface area contributed by atoms with E-state index in [0.29, 0.717) is 30.3 Å². The van der Waals surface area contributed by atoms with Crippen molar-refractivity contribution < 1.29 is 9.53 Å². The zero-order valence-electron chi connectivity index (χ0n) is 15.4. The van der Waals surface area contributed by atoms with E-state index in [2.05, 4.69) is 22.2 Å². The third-order valence-electron chi connectivity index (χ3n) is 5.19. The predicted molar refractivity (Wildman–Crippen MR) is 110 cm³/mol. The molecular formula is C20H19ClN4O2S. The van der Waals surface area contributed by atoms with Crippen LogP contribution in [0, 0.1) is 6.92 Å². The van der Waals surface area contributed by atoms with Crippen LogP contribution in [0.3, 0.4) is 0 Å². The van der Waals surface area contributed by atoms with E-state index in [1.807, 2.05) is 23.1 Å². The number of aryl methyl sites for hydroxylation is 1. The van der Waals surface area contributed by atoms with E-state index in [4.69, 9.17) is 16.3 Å². The fourth-order valence-electron chi connectivity index (χ4n) is 3.89. The first kappa shape index (κ1) is 17.8. The number of ether oxygens (including phenoxy) is 1. The predicted octanol–water partition coefficient (Wildman–Crippen LogP) is 3.06. The van der Waals surface area contributed by atoms with Crippen molar-refractivity contribution >= 4 is 39.1 Å². The van der Waals surface area contributed by atoms with E-state index in [-0.39, 0.29) is 5.91 Å². The Morgan fingerprint density at radius 3 is 2.93 bits per heavy atom. The van der Waals surface area contributed by atoms with Gasteiger partial charge in [-0.3, -0.25) is 4.79 Å². The zero-order valence-corrected chi connectivity index (χ0v) is 16.9. The molecule has 0 spiro atoms. The van der Waals surface area contributed by atoms with Crippen molar-refractivity contribution in [2.45, 2.75) is 19.4 Å². The molecule has 2 aliphatic heterocycles. The molecule has 0 radical (unpaired) electrons. The van der Waals surface area contributed by atoms with Gasteiger partial charge in [-0.25, -0.2) is 9.97 Å². The SMILES string of the molecule is Cc1cc2ncnc(-c3cc(Cl)cc4c3OC(C(=O)N3CCNCC3)C4)c2s1. The molecule has 3 aromatic rings. The van der Waals surface area contributed by atoms with Crippen LogP contribution in [-0.4, -0.2) is 53.1 Å². The van der Waals surface area contributed by atoms with Gasteiger partial charge in [-0.1, -0.05) is 11.6 Å². The second-order valence-electron chi connectivity index (χ2n) is 7.12. The van der Waals surface area contributed by atoms with Gasteiger partial charge in [0.2, 0.25) is 0 Å². The maximum atomic E-state index is 12.9. The van der Waals surface area contributed by atoms with Crippen LogP contribution in [0.15, 0.2) is 24.5 Å². The topological polar surface area (TPSA) is 67.4 Å². The third-order valence-corrected chi connectivity index (χ3v) is 6.45. The summed E-state index contributed by atoms with van der Waals surface area (Å²) in [5, 5.41) is 3.89. The zero-order chi connectivity index (χ0) is 19.3. The highest BCUT2D eigenvalue weighted by atomic mass is 35.5. The van der Waals surface area contributed by atoms with Crippen LogP contribution in [0.4, 0.5) is 0 Å². The summed E-state index contributed by atoms with van der Waals surface area (Å²) in [7, 11) is 0.